The van der Waals surface area contributed by atoms with Gasteiger partial charge in [0.1, 0.15) is 13.2 Å². The first-order valence-electron chi connectivity index (χ1n) is 37.1. The summed E-state index contributed by atoms with van der Waals surface area (Å²) < 4.78 is 23.5. The Morgan fingerprint density at radius 1 is 0.414 bits per heavy atom. The zero-order chi connectivity index (χ0) is 63.4. The van der Waals surface area contributed by atoms with Crippen LogP contribution in [0.25, 0.3) is 0 Å². The van der Waals surface area contributed by atoms with Gasteiger partial charge in [-0.15, -0.1) is 0 Å². The van der Waals surface area contributed by atoms with Gasteiger partial charge in [0, 0.05) is 6.42 Å². The number of nitrogens with one attached hydrogen (secondary N) is 1. The van der Waals surface area contributed by atoms with Crippen molar-refractivity contribution in [3.63, 3.8) is 0 Å². The second-order valence-electron chi connectivity index (χ2n) is 26.3. The number of likely N-dealkylation sites (N-methyl/N-ethyl adjacent to an activating group) is 1. The number of amides is 1. The molecule has 0 aromatic heterocycles. The maximum absolute atomic E-state index is 13.1. The average molecular weight is 1240 g/mol. The second kappa shape index (κ2) is 67.8. The molecule has 0 aliphatic rings. The summed E-state index contributed by atoms with van der Waals surface area (Å²) in [6.07, 6.45) is 98.4. The third-order valence-electron chi connectivity index (χ3n) is 16.5. The van der Waals surface area contributed by atoms with E-state index < -0.39 is 26.6 Å². The third-order valence-corrected chi connectivity index (χ3v) is 17.5. The van der Waals surface area contributed by atoms with Crippen molar-refractivity contribution in [2.45, 2.75) is 353 Å². The van der Waals surface area contributed by atoms with Gasteiger partial charge in [-0.2, -0.15) is 0 Å². The molecule has 8 nitrogen and oxygen atoms in total. The van der Waals surface area contributed by atoms with E-state index in [9.17, 15) is 19.4 Å². The van der Waals surface area contributed by atoms with Gasteiger partial charge in [0.2, 0.25) is 5.91 Å². The minimum absolute atomic E-state index is 0.0109. The topological polar surface area (TPSA) is 108 Å². The second-order valence-corrected chi connectivity index (χ2v) is 27.7. The molecular formula is C78H143N2O6P. The van der Waals surface area contributed by atoms with E-state index in [0.29, 0.717) is 17.4 Å². The number of allylic oxidation sites excluding steroid dienone is 15. The molecule has 0 bridgehead atoms. The minimum Gasteiger partial charge on any atom is -0.756 e. The summed E-state index contributed by atoms with van der Waals surface area (Å²) in [5.41, 5.74) is 0. The number of carbonyl (C=O) groups is 1. The van der Waals surface area contributed by atoms with Gasteiger partial charge in [-0.1, -0.05) is 342 Å². The molecule has 9 heteroatoms. The van der Waals surface area contributed by atoms with Gasteiger partial charge < -0.3 is 28.8 Å². The number of unbranched alkanes of at least 4 members (excludes halogenated alkanes) is 41. The molecule has 2 N–H and O–H groups in total. The van der Waals surface area contributed by atoms with Crippen molar-refractivity contribution in [3.05, 3.63) is 97.2 Å². The number of aliphatic hydroxyl groups excluding tert-OH is 1. The van der Waals surface area contributed by atoms with E-state index in [2.05, 4.69) is 104 Å². The van der Waals surface area contributed by atoms with Gasteiger partial charge in [0.15, 0.2) is 0 Å². The van der Waals surface area contributed by atoms with E-state index in [1.807, 2.05) is 27.2 Å². The van der Waals surface area contributed by atoms with E-state index in [-0.39, 0.29) is 12.5 Å². The number of rotatable bonds is 68. The van der Waals surface area contributed by atoms with Crippen LogP contribution in [-0.4, -0.2) is 68.5 Å². The van der Waals surface area contributed by atoms with Crippen molar-refractivity contribution in [1.82, 2.24) is 5.32 Å². The highest BCUT2D eigenvalue weighted by atomic mass is 31.2. The van der Waals surface area contributed by atoms with Crippen molar-refractivity contribution in [3.8, 4) is 0 Å². The molecule has 0 spiro atoms. The highest BCUT2D eigenvalue weighted by Crippen LogP contribution is 2.38. The van der Waals surface area contributed by atoms with Gasteiger partial charge in [0.25, 0.3) is 7.82 Å². The Kier molecular flexibility index (Phi) is 65.8. The lowest BCUT2D eigenvalue weighted by Crippen LogP contribution is -2.45. The fourth-order valence-electron chi connectivity index (χ4n) is 10.8. The molecule has 0 radical (unpaired) electrons. The molecule has 87 heavy (non-hydrogen) atoms. The molecule has 3 unspecified atom stereocenters. The van der Waals surface area contributed by atoms with Crippen molar-refractivity contribution < 1.29 is 32.9 Å². The van der Waals surface area contributed by atoms with E-state index in [4.69, 9.17) is 9.05 Å². The van der Waals surface area contributed by atoms with Crippen molar-refractivity contribution >= 4 is 13.7 Å². The predicted molar refractivity (Wildman–Crippen MR) is 380 cm³/mol. The molecule has 0 fully saturated rings. The van der Waals surface area contributed by atoms with Crippen LogP contribution in [0.2, 0.25) is 0 Å². The van der Waals surface area contributed by atoms with Gasteiger partial charge in [-0.3, -0.25) is 9.36 Å². The highest BCUT2D eigenvalue weighted by molar-refractivity contribution is 7.45. The van der Waals surface area contributed by atoms with Crippen LogP contribution in [-0.2, 0) is 18.4 Å². The van der Waals surface area contributed by atoms with Crippen molar-refractivity contribution in [1.29, 1.82) is 0 Å². The van der Waals surface area contributed by atoms with Crippen LogP contribution in [0.15, 0.2) is 97.2 Å². The van der Waals surface area contributed by atoms with E-state index in [0.717, 1.165) is 77.0 Å². The van der Waals surface area contributed by atoms with E-state index in [1.54, 1.807) is 6.08 Å². The summed E-state index contributed by atoms with van der Waals surface area (Å²) in [5.74, 6) is -0.208. The maximum Gasteiger partial charge on any atom is 0.268 e. The first-order chi connectivity index (χ1) is 42.5. The number of nitrogens with zero attached hydrogens (tertiary/aromatic N) is 1. The Balaban J connectivity index is 4.08. The molecule has 1 amide bonds. The Bertz CT molecular complexity index is 1740. The van der Waals surface area contributed by atoms with Crippen LogP contribution < -0.4 is 10.2 Å². The number of carbonyl (C=O) groups excluding carboxylic acids is 1. The van der Waals surface area contributed by atoms with Crippen LogP contribution in [0.5, 0.6) is 0 Å². The SMILES string of the molecule is CC/C=C\C/C=C\C/C=C\C/C=C\C/C=C\CCCCCCCCCCCCCCCCCCCCCC(=O)NC(COP(=O)([O-])OCC[N+](C)(C)C)C(O)/C=C/CC/C=C/CC/C=C/CCCCCCCCCCCCCCCCCCCCCC. The molecule has 506 valence electrons. The minimum atomic E-state index is -4.62. The summed E-state index contributed by atoms with van der Waals surface area (Å²) >= 11 is 0. The molecule has 3 atom stereocenters. The number of hydrogen-bond acceptors (Lipinski definition) is 6. The lowest BCUT2D eigenvalue weighted by Gasteiger charge is -2.29. The number of aliphatic hydroxyl groups is 1. The molecular weight excluding hydrogens is 1090 g/mol. The standard InChI is InChI=1S/C78H143N2O6P/c1-6-8-10-12-14-16-18-20-22-24-26-28-30-32-34-36-38-39-40-41-42-44-46-48-50-52-54-56-58-60-62-64-66-68-70-72-78(82)79-76(75-86-87(83,84)85-74-73-80(3,4)5)77(81)71-69-67-65-63-61-59-57-55-53-51-49-47-45-43-37-35-33-31-29-27-25-23-21-19-17-15-13-11-9-7-2/h8,10,14,16,20,22,26,28,32,34,53,55,61,63,69,71,76-77,81H,6-7,9,11-13,15,17-19,21,23-25,27,29-31,33,35-52,54,56-60,62,64-68,70,72-75H2,1-5H3,(H-,79,82,83,84)/b10-8-,16-14-,22-20-,28-26-,34-32-,55-53+,63-61+,71-69+. The molecule has 0 saturated heterocycles. The molecule has 0 heterocycles. The number of quaternary nitrogens is 1. The number of phosphoric ester groups is 1. The maximum atomic E-state index is 13.1. The molecule has 0 aliphatic heterocycles. The summed E-state index contributed by atoms with van der Waals surface area (Å²) in [6, 6.07) is -0.915. The molecule has 0 aromatic carbocycles. The summed E-state index contributed by atoms with van der Waals surface area (Å²) in [7, 11) is 1.24. The number of hydrogen-bond donors (Lipinski definition) is 2. The predicted octanol–water partition coefficient (Wildman–Crippen LogP) is 23.4. The average Bonchev–Trinajstić information content (AvgIpc) is 3.70. The number of phosphoric acid groups is 1. The first-order valence-corrected chi connectivity index (χ1v) is 38.6. The fourth-order valence-corrected chi connectivity index (χ4v) is 11.5. The van der Waals surface area contributed by atoms with Crippen LogP contribution >= 0.6 is 7.82 Å². The quantitative estimate of drug-likeness (QED) is 0.0272. The van der Waals surface area contributed by atoms with Crippen molar-refractivity contribution in [2.75, 3.05) is 40.9 Å². The zero-order valence-corrected chi connectivity index (χ0v) is 58.9. The van der Waals surface area contributed by atoms with Crippen LogP contribution in [0.3, 0.4) is 0 Å². The van der Waals surface area contributed by atoms with Gasteiger partial charge in [0.05, 0.1) is 39.9 Å². The normalized spacial score (nSPS) is 14.1. The largest absolute Gasteiger partial charge is 0.756 e. The Labute approximate surface area is 540 Å². The van der Waals surface area contributed by atoms with Crippen LogP contribution in [0.4, 0.5) is 0 Å². The smallest absolute Gasteiger partial charge is 0.268 e. The Morgan fingerprint density at radius 2 is 0.713 bits per heavy atom. The molecule has 0 saturated carbocycles. The van der Waals surface area contributed by atoms with E-state index >= 15 is 0 Å². The first kappa shape index (κ1) is 84.4. The summed E-state index contributed by atoms with van der Waals surface area (Å²) in [6.45, 7) is 4.54. The van der Waals surface area contributed by atoms with Crippen molar-refractivity contribution in [2.24, 2.45) is 0 Å². The highest BCUT2D eigenvalue weighted by Gasteiger charge is 2.23. The summed E-state index contributed by atoms with van der Waals surface area (Å²) in [4.78, 5) is 25.7. The zero-order valence-electron chi connectivity index (χ0n) is 58.0. The third kappa shape index (κ3) is 70.7. The Morgan fingerprint density at radius 3 is 1.07 bits per heavy atom. The lowest BCUT2D eigenvalue weighted by molar-refractivity contribution is -0.870. The molecule has 0 rings (SSSR count). The van der Waals surface area contributed by atoms with Crippen LogP contribution in [0.1, 0.15) is 341 Å². The van der Waals surface area contributed by atoms with Crippen LogP contribution in [0, 0.1) is 0 Å². The fraction of sp³-hybridized carbons (Fsp3) is 0.782. The van der Waals surface area contributed by atoms with Gasteiger partial charge in [-0.25, -0.2) is 0 Å². The van der Waals surface area contributed by atoms with E-state index in [1.165, 1.54) is 244 Å². The molecule has 0 aromatic rings. The summed E-state index contributed by atoms with van der Waals surface area (Å²) in [5, 5.41) is 14.0. The monoisotopic (exact) mass is 1240 g/mol. The van der Waals surface area contributed by atoms with Gasteiger partial charge >= 0.3 is 0 Å². The molecule has 0 aliphatic carbocycles. The lowest BCUT2D eigenvalue weighted by atomic mass is 10.0. The van der Waals surface area contributed by atoms with Gasteiger partial charge in [-0.05, 0) is 89.9 Å². The Hall–Kier alpha value is -2.58.